The quantitative estimate of drug-likeness (QED) is 0.806. The van der Waals surface area contributed by atoms with Crippen molar-refractivity contribution in [3.05, 3.63) is 0 Å². The van der Waals surface area contributed by atoms with Gasteiger partial charge in [-0.25, -0.2) is 13.2 Å². The maximum Gasteiger partial charge on any atom is 0.329 e. The number of carbonyl (C=O) groups excluding carboxylic acids is 1. The van der Waals surface area contributed by atoms with Crippen LogP contribution in [0.25, 0.3) is 0 Å². The monoisotopic (exact) mass is 318 g/mol. The minimum Gasteiger partial charge on any atom is -0.480 e. The first-order valence-electron chi connectivity index (χ1n) is 7.19. The molecule has 2 saturated heterocycles. The third-order valence-electron chi connectivity index (χ3n) is 4.53. The Kier molecular flexibility index (Phi) is 4.30. The molecule has 120 valence electrons. The van der Waals surface area contributed by atoms with Crippen molar-refractivity contribution >= 4 is 21.9 Å². The van der Waals surface area contributed by atoms with Crippen molar-refractivity contribution in [3.8, 4) is 0 Å². The summed E-state index contributed by atoms with van der Waals surface area (Å²) in [7, 11) is -3.47. The minimum absolute atomic E-state index is 0.326. The topological polar surface area (TPSA) is 95.0 Å². The van der Waals surface area contributed by atoms with E-state index in [0.29, 0.717) is 32.4 Å². The number of carboxylic acids is 1. The van der Waals surface area contributed by atoms with Crippen LogP contribution in [0, 0.1) is 0 Å². The van der Waals surface area contributed by atoms with E-state index in [1.54, 1.807) is 0 Å². The Morgan fingerprint density at radius 1 is 1.19 bits per heavy atom. The van der Waals surface area contributed by atoms with Gasteiger partial charge in [-0.3, -0.25) is 4.79 Å². The highest BCUT2D eigenvalue weighted by Crippen LogP contribution is 2.32. The van der Waals surface area contributed by atoms with E-state index in [1.165, 1.54) is 16.1 Å². The molecule has 0 aliphatic carbocycles. The molecule has 8 heteroatoms. The van der Waals surface area contributed by atoms with Gasteiger partial charge in [-0.15, -0.1) is 0 Å². The molecule has 0 saturated carbocycles. The Bertz CT molecular complexity index is 547. The summed E-state index contributed by atoms with van der Waals surface area (Å²) in [5.74, 6) is -1.41. The van der Waals surface area contributed by atoms with Crippen molar-refractivity contribution in [2.75, 3.05) is 19.3 Å². The molecule has 2 atom stereocenters. The predicted molar refractivity (Wildman–Crippen MR) is 76.2 cm³/mol. The number of nitrogens with zero attached hydrogens (tertiary/aromatic N) is 2. The van der Waals surface area contributed by atoms with Gasteiger partial charge in [0.1, 0.15) is 11.6 Å². The van der Waals surface area contributed by atoms with E-state index < -0.39 is 27.6 Å². The highest BCUT2D eigenvalue weighted by Gasteiger charge is 2.49. The number of amides is 1. The highest BCUT2D eigenvalue weighted by molar-refractivity contribution is 7.88. The van der Waals surface area contributed by atoms with Crippen molar-refractivity contribution in [2.24, 2.45) is 0 Å². The van der Waals surface area contributed by atoms with Gasteiger partial charge >= 0.3 is 5.97 Å². The normalized spacial score (nSPS) is 31.3. The van der Waals surface area contributed by atoms with Crippen LogP contribution in [0.2, 0.25) is 0 Å². The summed E-state index contributed by atoms with van der Waals surface area (Å²) >= 11 is 0. The molecule has 2 aliphatic rings. The average molecular weight is 318 g/mol. The second kappa shape index (κ2) is 5.57. The molecule has 0 bridgehead atoms. The van der Waals surface area contributed by atoms with Crippen molar-refractivity contribution < 1.29 is 23.1 Å². The molecule has 0 spiro atoms. The molecule has 2 unspecified atom stereocenters. The number of hydrogen-bond donors (Lipinski definition) is 1. The molecule has 0 aromatic carbocycles. The Morgan fingerprint density at radius 2 is 1.86 bits per heavy atom. The van der Waals surface area contributed by atoms with Crippen LogP contribution in [0.1, 0.15) is 39.0 Å². The van der Waals surface area contributed by atoms with Crippen molar-refractivity contribution in [2.45, 2.75) is 50.6 Å². The first-order valence-corrected chi connectivity index (χ1v) is 9.04. The Balaban J connectivity index is 2.27. The molecule has 7 nitrogen and oxygen atoms in total. The Hall–Kier alpha value is -1.15. The smallest absolute Gasteiger partial charge is 0.329 e. The third-order valence-corrected chi connectivity index (χ3v) is 5.82. The zero-order valence-electron chi connectivity index (χ0n) is 12.4. The maximum atomic E-state index is 12.7. The van der Waals surface area contributed by atoms with E-state index in [1.807, 2.05) is 0 Å². The van der Waals surface area contributed by atoms with Gasteiger partial charge in [-0.2, -0.15) is 4.31 Å². The molecule has 2 heterocycles. The summed E-state index contributed by atoms with van der Waals surface area (Å²) in [6.45, 7) is 2.23. The van der Waals surface area contributed by atoms with Gasteiger partial charge in [-0.05, 0) is 32.6 Å². The van der Waals surface area contributed by atoms with Crippen LogP contribution in [0.15, 0.2) is 0 Å². The SMILES string of the molecule is CC1(C(=O)O)CCCN1C(=O)C1CCCCN1S(C)(=O)=O. The molecule has 0 radical (unpaired) electrons. The van der Waals surface area contributed by atoms with Crippen LogP contribution < -0.4 is 0 Å². The van der Waals surface area contributed by atoms with Crippen LogP contribution in [-0.2, 0) is 19.6 Å². The lowest BCUT2D eigenvalue weighted by atomic mass is 9.97. The van der Waals surface area contributed by atoms with Gasteiger partial charge in [0.25, 0.3) is 0 Å². The fraction of sp³-hybridized carbons (Fsp3) is 0.846. The summed E-state index contributed by atoms with van der Waals surface area (Å²) in [6.07, 6.45) is 4.09. The van der Waals surface area contributed by atoms with Gasteiger partial charge in [0.05, 0.1) is 6.26 Å². The molecule has 0 aromatic rings. The average Bonchev–Trinajstić information content (AvgIpc) is 2.80. The number of piperidine rings is 1. The van der Waals surface area contributed by atoms with Gasteiger partial charge in [-0.1, -0.05) is 6.42 Å². The lowest BCUT2D eigenvalue weighted by Gasteiger charge is -2.39. The Labute approximate surface area is 125 Å². The maximum absolute atomic E-state index is 12.7. The molecular formula is C13H22N2O5S. The highest BCUT2D eigenvalue weighted by atomic mass is 32.2. The van der Waals surface area contributed by atoms with Crippen LogP contribution in [0.3, 0.4) is 0 Å². The van der Waals surface area contributed by atoms with Gasteiger partial charge in [0.15, 0.2) is 0 Å². The standard InChI is InChI=1S/C13H22N2O5S/c1-13(12(17)18)7-5-8-14(13)11(16)10-6-3-4-9-15(10)21(2,19)20/h10H,3-9H2,1-2H3,(H,17,18). The molecule has 1 N–H and O–H groups in total. The largest absolute Gasteiger partial charge is 0.480 e. The van der Waals surface area contributed by atoms with Crippen LogP contribution in [0.5, 0.6) is 0 Å². The summed E-state index contributed by atoms with van der Waals surface area (Å²) in [4.78, 5) is 25.6. The van der Waals surface area contributed by atoms with Crippen molar-refractivity contribution in [3.63, 3.8) is 0 Å². The number of likely N-dealkylation sites (tertiary alicyclic amines) is 1. The number of sulfonamides is 1. The van der Waals surface area contributed by atoms with Crippen molar-refractivity contribution in [1.29, 1.82) is 0 Å². The van der Waals surface area contributed by atoms with Gasteiger partial charge in [0.2, 0.25) is 15.9 Å². The van der Waals surface area contributed by atoms with E-state index >= 15 is 0 Å². The third kappa shape index (κ3) is 2.91. The lowest BCUT2D eigenvalue weighted by Crippen LogP contribution is -2.58. The van der Waals surface area contributed by atoms with E-state index in [4.69, 9.17) is 0 Å². The summed E-state index contributed by atoms with van der Waals surface area (Å²) in [6, 6.07) is -0.759. The molecule has 0 aromatic heterocycles. The van der Waals surface area contributed by atoms with Gasteiger partial charge in [0, 0.05) is 13.1 Å². The van der Waals surface area contributed by atoms with E-state index in [2.05, 4.69) is 0 Å². The van der Waals surface area contributed by atoms with E-state index in [0.717, 1.165) is 19.1 Å². The molecule has 1 amide bonds. The first-order chi connectivity index (χ1) is 9.68. The van der Waals surface area contributed by atoms with Crippen LogP contribution in [-0.4, -0.2) is 65.5 Å². The second-order valence-corrected chi connectivity index (χ2v) is 7.99. The van der Waals surface area contributed by atoms with E-state index in [9.17, 15) is 23.1 Å². The van der Waals surface area contributed by atoms with Crippen LogP contribution in [0.4, 0.5) is 0 Å². The fourth-order valence-corrected chi connectivity index (χ4v) is 4.39. The zero-order valence-corrected chi connectivity index (χ0v) is 13.2. The van der Waals surface area contributed by atoms with Crippen molar-refractivity contribution in [1.82, 2.24) is 9.21 Å². The number of carbonyl (C=O) groups is 2. The number of rotatable bonds is 3. The first kappa shape index (κ1) is 16.2. The molecule has 2 aliphatic heterocycles. The summed E-state index contributed by atoms with van der Waals surface area (Å²) in [5.41, 5.74) is -1.22. The lowest BCUT2D eigenvalue weighted by molar-refractivity contribution is -0.157. The van der Waals surface area contributed by atoms with E-state index in [-0.39, 0.29) is 5.91 Å². The van der Waals surface area contributed by atoms with Gasteiger partial charge < -0.3 is 10.0 Å². The number of hydrogen-bond acceptors (Lipinski definition) is 4. The predicted octanol–water partition coefficient (Wildman–Crippen LogP) is 0.266. The second-order valence-electron chi connectivity index (χ2n) is 6.06. The minimum atomic E-state index is -3.47. The molecule has 2 rings (SSSR count). The molecular weight excluding hydrogens is 296 g/mol. The molecule has 21 heavy (non-hydrogen) atoms. The summed E-state index contributed by atoms with van der Waals surface area (Å²) in [5, 5.41) is 9.39. The molecule has 2 fully saturated rings. The number of carboxylic acid groups (broad SMARTS) is 1. The summed E-state index contributed by atoms with van der Waals surface area (Å²) < 4.78 is 24.9. The fourth-order valence-electron chi connectivity index (χ4n) is 3.27. The zero-order chi connectivity index (χ0) is 15.8. The number of aliphatic carboxylic acids is 1. The Morgan fingerprint density at radius 3 is 2.43 bits per heavy atom. The van der Waals surface area contributed by atoms with Crippen LogP contribution >= 0.6 is 0 Å².